The van der Waals surface area contributed by atoms with Gasteiger partial charge in [0.2, 0.25) is 0 Å². The summed E-state index contributed by atoms with van der Waals surface area (Å²) in [5.74, 6) is -0.718. The summed E-state index contributed by atoms with van der Waals surface area (Å²) in [6.07, 6.45) is 1.94. The van der Waals surface area contributed by atoms with Crippen molar-refractivity contribution in [1.29, 1.82) is 0 Å². The largest absolute Gasteiger partial charge is 0.516 e. The van der Waals surface area contributed by atoms with Crippen LogP contribution in [0.1, 0.15) is 10.4 Å². The number of aliphatic hydroxyl groups excluding tert-OH is 1. The maximum Gasteiger partial charge on any atom is 0.277 e. The number of carbonyl (C=O) groups excluding carboxylic acids is 1. The van der Waals surface area contributed by atoms with Gasteiger partial charge in [-0.2, -0.15) is 0 Å². The molecule has 0 aliphatic rings. The topological polar surface area (TPSA) is 136 Å². The van der Waals surface area contributed by atoms with Gasteiger partial charge >= 0.3 is 0 Å². The minimum atomic E-state index is -0.822. The van der Waals surface area contributed by atoms with E-state index in [2.05, 4.69) is 5.32 Å². The molecule has 0 fully saturated rings. The number of non-ortho nitro benzene ring substituents is 2. The van der Waals surface area contributed by atoms with Crippen LogP contribution in [0.5, 0.6) is 0 Å². The lowest BCUT2D eigenvalue weighted by Crippen LogP contribution is -2.23. The zero-order valence-corrected chi connectivity index (χ0v) is 9.48. The quantitative estimate of drug-likeness (QED) is 0.468. The first-order valence-corrected chi connectivity index (χ1v) is 4.97. The van der Waals surface area contributed by atoms with Crippen LogP contribution in [0, 0.1) is 20.2 Å². The highest BCUT2D eigenvalue weighted by Gasteiger charge is 2.19. The molecule has 0 aliphatic heterocycles. The third-order valence-electron chi connectivity index (χ3n) is 2.07. The SMILES string of the molecule is O=C(NCC=CO)c1cc([N+](=O)[O-])cc([N+](=O)[O-])c1. The van der Waals surface area contributed by atoms with E-state index in [1.54, 1.807) is 0 Å². The summed E-state index contributed by atoms with van der Waals surface area (Å²) in [5.41, 5.74) is -1.29. The molecule has 1 amide bonds. The first-order valence-electron chi connectivity index (χ1n) is 4.97. The Kier molecular flexibility index (Phi) is 4.52. The van der Waals surface area contributed by atoms with Crippen LogP contribution in [-0.4, -0.2) is 27.4 Å². The third-order valence-corrected chi connectivity index (χ3v) is 2.07. The summed E-state index contributed by atoms with van der Waals surface area (Å²) in [6, 6.07) is 2.64. The van der Waals surface area contributed by atoms with E-state index in [4.69, 9.17) is 5.11 Å². The second kappa shape index (κ2) is 6.10. The number of carbonyl (C=O) groups is 1. The van der Waals surface area contributed by atoms with Crippen molar-refractivity contribution in [2.45, 2.75) is 0 Å². The Balaban J connectivity index is 3.08. The van der Waals surface area contributed by atoms with Crippen molar-refractivity contribution in [1.82, 2.24) is 5.32 Å². The van der Waals surface area contributed by atoms with Gasteiger partial charge in [-0.05, 0) is 6.08 Å². The minimum absolute atomic E-state index is 0.00811. The molecule has 0 unspecified atom stereocenters. The molecule has 0 bridgehead atoms. The van der Waals surface area contributed by atoms with Crippen LogP contribution >= 0.6 is 0 Å². The lowest BCUT2D eigenvalue weighted by molar-refractivity contribution is -0.394. The standard InChI is InChI=1S/C10H9N3O6/c14-3-1-2-11-10(15)7-4-8(12(16)17)6-9(5-7)13(18)19/h1,3-6,14H,2H2,(H,11,15). The number of rotatable bonds is 5. The van der Waals surface area contributed by atoms with Gasteiger partial charge in [-0.1, -0.05) is 0 Å². The molecule has 0 spiro atoms. The van der Waals surface area contributed by atoms with E-state index >= 15 is 0 Å². The predicted molar refractivity (Wildman–Crippen MR) is 63.9 cm³/mol. The summed E-state index contributed by atoms with van der Waals surface area (Å²) >= 11 is 0. The number of nitro benzene ring substituents is 2. The van der Waals surface area contributed by atoms with Crippen molar-refractivity contribution < 1.29 is 19.7 Å². The van der Waals surface area contributed by atoms with Gasteiger partial charge in [0.25, 0.3) is 17.3 Å². The van der Waals surface area contributed by atoms with Crippen molar-refractivity contribution in [2.75, 3.05) is 6.54 Å². The van der Waals surface area contributed by atoms with Crippen molar-refractivity contribution in [2.24, 2.45) is 0 Å². The van der Waals surface area contributed by atoms with Crippen molar-refractivity contribution in [3.05, 3.63) is 56.3 Å². The molecule has 9 nitrogen and oxygen atoms in total. The highest BCUT2D eigenvalue weighted by Crippen LogP contribution is 2.22. The van der Waals surface area contributed by atoms with Gasteiger partial charge in [0.1, 0.15) is 0 Å². The van der Waals surface area contributed by atoms with Gasteiger partial charge in [0, 0.05) is 18.7 Å². The van der Waals surface area contributed by atoms with Gasteiger partial charge in [-0.25, -0.2) is 0 Å². The second-order valence-electron chi connectivity index (χ2n) is 3.35. The Morgan fingerprint density at radius 2 is 1.74 bits per heavy atom. The van der Waals surface area contributed by atoms with Gasteiger partial charge in [-0.3, -0.25) is 25.0 Å². The van der Waals surface area contributed by atoms with Gasteiger partial charge < -0.3 is 10.4 Å². The average molecular weight is 267 g/mol. The highest BCUT2D eigenvalue weighted by molar-refractivity contribution is 5.95. The van der Waals surface area contributed by atoms with Crippen LogP contribution in [-0.2, 0) is 0 Å². The summed E-state index contributed by atoms with van der Waals surface area (Å²) in [7, 11) is 0. The van der Waals surface area contributed by atoms with Crippen molar-refractivity contribution in [3.8, 4) is 0 Å². The van der Waals surface area contributed by atoms with Crippen molar-refractivity contribution in [3.63, 3.8) is 0 Å². The van der Waals surface area contributed by atoms with Crippen molar-refractivity contribution >= 4 is 17.3 Å². The molecule has 1 aromatic rings. The molecule has 100 valence electrons. The summed E-state index contributed by atoms with van der Waals surface area (Å²) in [4.78, 5) is 31.2. The van der Waals surface area contributed by atoms with Gasteiger partial charge in [0.15, 0.2) is 0 Å². The van der Waals surface area contributed by atoms with E-state index in [0.717, 1.165) is 24.5 Å². The maximum absolute atomic E-state index is 11.6. The Morgan fingerprint density at radius 1 is 1.21 bits per heavy atom. The van der Waals surface area contributed by atoms with Gasteiger partial charge in [-0.15, -0.1) is 0 Å². The highest BCUT2D eigenvalue weighted by atomic mass is 16.6. The minimum Gasteiger partial charge on any atom is -0.516 e. The fourth-order valence-electron chi connectivity index (χ4n) is 1.24. The van der Waals surface area contributed by atoms with Gasteiger partial charge in [0.05, 0.1) is 27.7 Å². The molecule has 0 atom stereocenters. The van der Waals surface area contributed by atoms with Crippen LogP contribution in [0.15, 0.2) is 30.5 Å². The molecular weight excluding hydrogens is 258 g/mol. The van der Waals surface area contributed by atoms with E-state index in [0.29, 0.717) is 0 Å². The van der Waals surface area contributed by atoms with Crippen LogP contribution in [0.2, 0.25) is 0 Å². The number of benzene rings is 1. The number of nitrogens with zero attached hydrogens (tertiary/aromatic N) is 2. The van der Waals surface area contributed by atoms with Crippen LogP contribution in [0.4, 0.5) is 11.4 Å². The molecule has 2 N–H and O–H groups in total. The number of hydrogen-bond donors (Lipinski definition) is 2. The second-order valence-corrected chi connectivity index (χ2v) is 3.35. The van der Waals surface area contributed by atoms with Crippen LogP contribution in [0.25, 0.3) is 0 Å². The molecule has 0 saturated carbocycles. The first kappa shape index (κ1) is 14.1. The molecule has 0 aromatic heterocycles. The van der Waals surface area contributed by atoms with E-state index in [9.17, 15) is 25.0 Å². The summed E-state index contributed by atoms with van der Waals surface area (Å²) in [5, 5.41) is 31.9. The molecule has 0 saturated heterocycles. The monoisotopic (exact) mass is 267 g/mol. The molecule has 0 aliphatic carbocycles. The Morgan fingerprint density at radius 3 is 2.16 bits per heavy atom. The fraction of sp³-hybridized carbons (Fsp3) is 0.100. The van der Waals surface area contributed by atoms with E-state index in [-0.39, 0.29) is 12.1 Å². The van der Waals surface area contributed by atoms with E-state index in [1.807, 2.05) is 0 Å². The number of nitro groups is 2. The average Bonchev–Trinajstić information content (AvgIpc) is 2.38. The third kappa shape index (κ3) is 3.77. The lowest BCUT2D eigenvalue weighted by Gasteiger charge is -2.02. The maximum atomic E-state index is 11.6. The Hall–Kier alpha value is -2.97. The Labute approximate surface area is 106 Å². The molecule has 19 heavy (non-hydrogen) atoms. The van der Waals surface area contributed by atoms with E-state index < -0.39 is 27.1 Å². The number of nitrogens with one attached hydrogen (secondary N) is 1. The summed E-state index contributed by atoms with van der Waals surface area (Å²) in [6.45, 7) is -0.00811. The predicted octanol–water partition coefficient (Wildman–Crippen LogP) is 1.30. The smallest absolute Gasteiger partial charge is 0.277 e. The lowest BCUT2D eigenvalue weighted by atomic mass is 10.1. The first-order chi connectivity index (χ1) is 8.95. The molecule has 1 aromatic carbocycles. The summed E-state index contributed by atoms with van der Waals surface area (Å²) < 4.78 is 0. The van der Waals surface area contributed by atoms with Crippen LogP contribution < -0.4 is 5.32 Å². The molecule has 9 heteroatoms. The molecule has 0 heterocycles. The number of hydrogen-bond acceptors (Lipinski definition) is 6. The zero-order chi connectivity index (χ0) is 14.4. The van der Waals surface area contributed by atoms with E-state index in [1.165, 1.54) is 6.08 Å². The zero-order valence-electron chi connectivity index (χ0n) is 9.48. The normalized spacial score (nSPS) is 10.3. The van der Waals surface area contributed by atoms with Crippen LogP contribution in [0.3, 0.4) is 0 Å². The number of amides is 1. The fourth-order valence-corrected chi connectivity index (χ4v) is 1.24. The number of aliphatic hydroxyl groups is 1. The molecule has 1 rings (SSSR count). The molecule has 0 radical (unpaired) electrons. The molecular formula is C10H9N3O6. The Bertz CT molecular complexity index is 522.